The van der Waals surface area contributed by atoms with E-state index < -0.39 is 17.6 Å². The monoisotopic (exact) mass is 351 g/mol. The van der Waals surface area contributed by atoms with Gasteiger partial charge in [-0.1, -0.05) is 0 Å². The summed E-state index contributed by atoms with van der Waals surface area (Å²) in [5.41, 5.74) is -0.506. The number of carbonyl (C=O) groups is 2. The topological polar surface area (TPSA) is 111 Å². The van der Waals surface area contributed by atoms with Crippen molar-refractivity contribution in [1.82, 2.24) is 5.32 Å². The molecule has 2 atom stereocenters. The number of benzene rings is 1. The van der Waals surface area contributed by atoms with Gasteiger partial charge in [0.1, 0.15) is 17.4 Å². The van der Waals surface area contributed by atoms with E-state index >= 15 is 0 Å². The molecule has 138 valence electrons. The molecule has 0 aromatic heterocycles. The predicted molar refractivity (Wildman–Crippen MR) is 90.1 cm³/mol. The molecule has 1 aromatic carbocycles. The normalized spacial score (nSPS) is 20.2. The van der Waals surface area contributed by atoms with Gasteiger partial charge in [-0.25, -0.2) is 0 Å². The summed E-state index contributed by atoms with van der Waals surface area (Å²) in [5.74, 6) is -0.486. The van der Waals surface area contributed by atoms with Crippen LogP contribution in [0.1, 0.15) is 40.0 Å². The van der Waals surface area contributed by atoms with Gasteiger partial charge in [0, 0.05) is 6.04 Å². The van der Waals surface area contributed by atoms with E-state index in [4.69, 9.17) is 14.7 Å². The second kappa shape index (κ2) is 7.81. The smallest absolute Gasteiger partial charge is 0.323 e. The minimum atomic E-state index is -0.545. The highest BCUT2D eigenvalue weighted by Gasteiger charge is 2.33. The van der Waals surface area contributed by atoms with E-state index in [1.54, 1.807) is 0 Å². The number of ether oxygens (including phenoxy) is 2. The van der Waals surface area contributed by atoms with E-state index in [0.29, 0.717) is 12.8 Å². The maximum Gasteiger partial charge on any atom is 0.323 e. The minimum absolute atomic E-state index is 0.0393. The minimum Gasteiger partial charge on any atom is -0.733 e. The zero-order valence-electron chi connectivity index (χ0n) is 14.5. The second-order valence-corrected chi connectivity index (χ2v) is 6.97. The quantitative estimate of drug-likeness (QED) is 0.471. The Morgan fingerprint density at radius 3 is 2.48 bits per heavy atom. The van der Waals surface area contributed by atoms with Crippen LogP contribution in [0.15, 0.2) is 24.3 Å². The number of anilines is 1. The summed E-state index contributed by atoms with van der Waals surface area (Å²) in [7, 11) is 0. The van der Waals surface area contributed by atoms with Crippen molar-refractivity contribution >= 4 is 17.6 Å². The first-order valence-corrected chi connectivity index (χ1v) is 8.10. The maximum absolute atomic E-state index is 12.0. The van der Waals surface area contributed by atoms with Crippen LogP contribution in [0, 0.1) is 5.21 Å². The van der Waals surface area contributed by atoms with Crippen molar-refractivity contribution < 1.29 is 24.3 Å². The van der Waals surface area contributed by atoms with Crippen molar-refractivity contribution in [1.29, 1.82) is 0 Å². The Hall–Kier alpha value is -2.16. The summed E-state index contributed by atoms with van der Waals surface area (Å²) >= 11 is 0. The molecule has 1 fully saturated rings. The first-order chi connectivity index (χ1) is 11.6. The first kappa shape index (κ1) is 19.2. The Morgan fingerprint density at radius 2 is 1.92 bits per heavy atom. The summed E-state index contributed by atoms with van der Waals surface area (Å²) in [6.45, 7) is 5.43. The number of rotatable bonds is 5. The number of nitrogens with zero attached hydrogens (tertiary/aromatic N) is 1. The van der Waals surface area contributed by atoms with Crippen molar-refractivity contribution in [2.45, 2.75) is 57.7 Å². The standard InChI is InChI=1S/C17H23N2O6/c1-17(2,3)25-16(21)14-9-4-11(18-14)10-15(20)24-13-7-5-12(6-8-13)19(22)23/h5-8,11,14,18,22H,4,9-10H2,1-3H3/q-1. The number of hydrogen-bond acceptors (Lipinski definition) is 8. The summed E-state index contributed by atoms with van der Waals surface area (Å²) < 4.78 is 10.5. The lowest BCUT2D eigenvalue weighted by atomic mass is 10.1. The molecule has 1 saturated heterocycles. The number of esters is 2. The summed E-state index contributed by atoms with van der Waals surface area (Å²) in [5, 5.41) is 22.3. The highest BCUT2D eigenvalue weighted by atomic mass is 16.8. The third kappa shape index (κ3) is 6.00. The van der Waals surface area contributed by atoms with E-state index in [1.165, 1.54) is 24.3 Å². The van der Waals surface area contributed by atoms with Gasteiger partial charge >= 0.3 is 11.9 Å². The van der Waals surface area contributed by atoms with Crippen LogP contribution in [-0.2, 0) is 14.3 Å². The van der Waals surface area contributed by atoms with Crippen molar-refractivity contribution in [3.8, 4) is 5.75 Å². The van der Waals surface area contributed by atoms with Crippen LogP contribution in [-0.4, -0.2) is 34.8 Å². The second-order valence-electron chi connectivity index (χ2n) is 6.97. The average Bonchev–Trinajstić information content (AvgIpc) is 2.94. The van der Waals surface area contributed by atoms with Crippen molar-refractivity contribution in [2.24, 2.45) is 0 Å². The molecule has 25 heavy (non-hydrogen) atoms. The van der Waals surface area contributed by atoms with Crippen molar-refractivity contribution in [2.75, 3.05) is 5.23 Å². The fraction of sp³-hybridized carbons (Fsp3) is 0.529. The predicted octanol–water partition coefficient (Wildman–Crippen LogP) is 2.14. The lowest BCUT2D eigenvalue weighted by Crippen LogP contribution is -2.40. The Morgan fingerprint density at radius 1 is 1.28 bits per heavy atom. The summed E-state index contributed by atoms with van der Waals surface area (Å²) in [6.07, 6.45) is 1.40. The van der Waals surface area contributed by atoms with Gasteiger partial charge in [-0.15, -0.1) is 0 Å². The van der Waals surface area contributed by atoms with Crippen LogP contribution in [0.3, 0.4) is 0 Å². The van der Waals surface area contributed by atoms with Crippen LogP contribution in [0.2, 0.25) is 0 Å². The maximum atomic E-state index is 12.0. The van der Waals surface area contributed by atoms with Crippen molar-refractivity contribution in [3.63, 3.8) is 0 Å². The van der Waals surface area contributed by atoms with Gasteiger partial charge in [0.2, 0.25) is 0 Å². The molecule has 2 N–H and O–H groups in total. The summed E-state index contributed by atoms with van der Waals surface area (Å²) in [4.78, 5) is 24.0. The molecule has 0 spiro atoms. The van der Waals surface area contributed by atoms with Crippen LogP contribution in [0.5, 0.6) is 5.75 Å². The molecule has 0 aliphatic carbocycles. The number of nitrogens with one attached hydrogen (secondary N) is 1. The fourth-order valence-electron chi connectivity index (χ4n) is 2.55. The molecule has 1 aromatic rings. The molecule has 1 aliphatic heterocycles. The zero-order valence-corrected chi connectivity index (χ0v) is 14.5. The molecule has 0 radical (unpaired) electrons. The van der Waals surface area contributed by atoms with Gasteiger partial charge in [-0.3, -0.25) is 14.8 Å². The van der Waals surface area contributed by atoms with Gasteiger partial charge in [0.05, 0.1) is 12.1 Å². The third-order valence-corrected chi connectivity index (χ3v) is 3.63. The lowest BCUT2D eigenvalue weighted by molar-refractivity contribution is -0.157. The highest BCUT2D eigenvalue weighted by molar-refractivity contribution is 5.77. The van der Waals surface area contributed by atoms with E-state index in [-0.39, 0.29) is 35.1 Å². The van der Waals surface area contributed by atoms with Gasteiger partial charge in [-0.05, 0) is 57.9 Å². The Balaban J connectivity index is 1.80. The van der Waals surface area contributed by atoms with Crippen LogP contribution >= 0.6 is 0 Å². The van der Waals surface area contributed by atoms with E-state index in [9.17, 15) is 14.8 Å². The van der Waals surface area contributed by atoms with Gasteiger partial charge in [0.15, 0.2) is 0 Å². The average molecular weight is 351 g/mol. The van der Waals surface area contributed by atoms with Gasteiger partial charge < -0.3 is 25.2 Å². The molecule has 8 nitrogen and oxygen atoms in total. The molecular weight excluding hydrogens is 328 g/mol. The molecular formula is C17H23N2O6-. The number of carbonyl (C=O) groups excluding carboxylic acids is 2. The largest absolute Gasteiger partial charge is 0.733 e. The van der Waals surface area contributed by atoms with Crippen LogP contribution in [0.25, 0.3) is 0 Å². The fourth-order valence-corrected chi connectivity index (χ4v) is 2.55. The summed E-state index contributed by atoms with van der Waals surface area (Å²) in [6, 6.07) is 4.94. The highest BCUT2D eigenvalue weighted by Crippen LogP contribution is 2.21. The SMILES string of the molecule is CC(C)(C)OC(=O)C1CCC(CC(=O)Oc2ccc(N([O-])O)cc2)N1. The van der Waals surface area contributed by atoms with E-state index in [0.717, 1.165) is 0 Å². The Kier molecular flexibility index (Phi) is 5.99. The molecule has 2 rings (SSSR count). The molecule has 2 unspecified atom stereocenters. The van der Waals surface area contributed by atoms with Gasteiger partial charge in [0.25, 0.3) is 0 Å². The third-order valence-electron chi connectivity index (χ3n) is 3.63. The van der Waals surface area contributed by atoms with Crippen molar-refractivity contribution in [3.05, 3.63) is 29.5 Å². The van der Waals surface area contributed by atoms with Crippen LogP contribution in [0.4, 0.5) is 5.69 Å². The Labute approximate surface area is 146 Å². The van der Waals surface area contributed by atoms with E-state index in [1.807, 2.05) is 20.8 Å². The van der Waals surface area contributed by atoms with Crippen LogP contribution < -0.4 is 15.3 Å². The van der Waals surface area contributed by atoms with Gasteiger partial charge in [-0.2, -0.15) is 0 Å². The molecule has 0 saturated carbocycles. The molecule has 0 amide bonds. The number of hydrogen-bond donors (Lipinski definition) is 2. The molecule has 8 heteroatoms. The Bertz CT molecular complexity index is 609. The lowest BCUT2D eigenvalue weighted by Gasteiger charge is -2.22. The van der Waals surface area contributed by atoms with E-state index in [2.05, 4.69) is 5.32 Å². The molecule has 0 bridgehead atoms. The first-order valence-electron chi connectivity index (χ1n) is 8.10. The zero-order chi connectivity index (χ0) is 18.6. The molecule has 1 aliphatic rings. The molecule has 1 heterocycles.